The Morgan fingerprint density at radius 1 is 1.12 bits per heavy atom. The van der Waals surface area contributed by atoms with Crippen molar-refractivity contribution in [3.8, 4) is 11.5 Å². The summed E-state index contributed by atoms with van der Waals surface area (Å²) in [5.74, 6) is 3.42. The fraction of sp³-hybridized carbons (Fsp3) is 0.618. The average molecular weight is 541 g/mol. The summed E-state index contributed by atoms with van der Waals surface area (Å²) in [6.45, 7) is 3.64. The third kappa shape index (κ3) is 2.50. The van der Waals surface area contributed by atoms with Crippen LogP contribution < -0.4 is 9.47 Å². The van der Waals surface area contributed by atoms with E-state index in [9.17, 15) is 0 Å². The third-order valence-electron chi connectivity index (χ3n) is 12.8. The van der Waals surface area contributed by atoms with E-state index in [0.29, 0.717) is 31.1 Å². The Balaban J connectivity index is 1.21. The zero-order valence-corrected chi connectivity index (χ0v) is 23.7. The Kier molecular flexibility index (Phi) is 4.78. The van der Waals surface area contributed by atoms with Crippen LogP contribution in [0.3, 0.4) is 0 Å². The molecule has 8 atom stereocenters. The lowest BCUT2D eigenvalue weighted by Gasteiger charge is -2.70. The molecule has 6 fully saturated rings. The molecule has 10 rings (SSSR count). The molecule has 6 nitrogen and oxygen atoms in total. The second kappa shape index (κ2) is 7.90. The van der Waals surface area contributed by atoms with Crippen LogP contribution in [0.15, 0.2) is 42.5 Å². The number of nitrogens with one attached hydrogen (secondary N) is 1. The van der Waals surface area contributed by atoms with Crippen LogP contribution in [-0.4, -0.2) is 62.8 Å². The third-order valence-corrected chi connectivity index (χ3v) is 12.8. The highest BCUT2D eigenvalue weighted by atomic mass is 16.6. The van der Waals surface area contributed by atoms with Crippen LogP contribution in [0, 0.1) is 34.0 Å². The fourth-order valence-corrected chi connectivity index (χ4v) is 11.7. The van der Waals surface area contributed by atoms with E-state index in [2.05, 4.69) is 47.4 Å². The standard InChI is InChI=1S/C34H40N2O4/c1-37-25-11-10-23-16-26-33-19-31(20-39-18-22-6-4-3-5-7-22)29(24(33)12-14-35)34(31,38-2)30-32(33,27(23)28(25)40-30)13-15-36(26)17-21-8-9-21/h3-7,10-11,14,21,24,26,29-30,35H,8-9,12-13,15-20H2,1-2H3/t24-,26+,29+,30+,31?,32-,33+,34+/m0/s1. The Bertz CT molecular complexity index is 1390. The molecule has 2 heterocycles. The van der Waals surface area contributed by atoms with Gasteiger partial charge >= 0.3 is 0 Å². The highest BCUT2D eigenvalue weighted by Crippen LogP contribution is 2.93. The molecule has 0 aromatic heterocycles. The predicted molar refractivity (Wildman–Crippen MR) is 151 cm³/mol. The summed E-state index contributed by atoms with van der Waals surface area (Å²) in [7, 11) is 3.68. The minimum Gasteiger partial charge on any atom is -0.493 e. The first-order chi connectivity index (χ1) is 19.6. The smallest absolute Gasteiger partial charge is 0.165 e. The number of hydrogen-bond acceptors (Lipinski definition) is 6. The van der Waals surface area contributed by atoms with Crippen molar-refractivity contribution in [2.24, 2.45) is 28.6 Å². The van der Waals surface area contributed by atoms with Gasteiger partial charge < -0.3 is 24.4 Å². The summed E-state index contributed by atoms with van der Waals surface area (Å²) in [5, 5.41) is 8.38. The van der Waals surface area contributed by atoms with Gasteiger partial charge in [0.15, 0.2) is 11.5 Å². The Hall–Kier alpha value is -2.41. The summed E-state index contributed by atoms with van der Waals surface area (Å²) in [4.78, 5) is 2.88. The molecule has 6 aliphatic carbocycles. The van der Waals surface area contributed by atoms with Crippen LogP contribution in [0.1, 0.15) is 48.8 Å². The average Bonchev–Trinajstić information content (AvgIpc) is 3.83. The predicted octanol–water partition coefficient (Wildman–Crippen LogP) is 5.01. The van der Waals surface area contributed by atoms with Gasteiger partial charge in [-0.05, 0) is 80.3 Å². The van der Waals surface area contributed by atoms with Crippen molar-refractivity contribution in [1.82, 2.24) is 4.90 Å². The fourth-order valence-electron chi connectivity index (χ4n) is 11.7. The van der Waals surface area contributed by atoms with Crippen molar-refractivity contribution in [3.05, 3.63) is 59.2 Å². The lowest BCUT2D eigenvalue weighted by Crippen LogP contribution is -2.78. The molecule has 6 heteroatoms. The molecule has 1 N–H and O–H groups in total. The maximum absolute atomic E-state index is 8.38. The summed E-state index contributed by atoms with van der Waals surface area (Å²) < 4.78 is 26.5. The van der Waals surface area contributed by atoms with Gasteiger partial charge in [-0.2, -0.15) is 0 Å². The topological polar surface area (TPSA) is 64.0 Å². The first-order valence-electron chi connectivity index (χ1n) is 15.4. The zero-order valence-electron chi connectivity index (χ0n) is 23.7. The van der Waals surface area contributed by atoms with Crippen LogP contribution >= 0.6 is 0 Å². The number of piperidine rings is 1. The first kappa shape index (κ1) is 24.2. The minimum absolute atomic E-state index is 0.0398. The van der Waals surface area contributed by atoms with E-state index >= 15 is 0 Å². The second-order valence-corrected chi connectivity index (χ2v) is 13.9. The molecule has 40 heavy (non-hydrogen) atoms. The van der Waals surface area contributed by atoms with E-state index in [4.69, 9.17) is 24.4 Å². The van der Waals surface area contributed by atoms with Crippen molar-refractivity contribution in [3.63, 3.8) is 0 Å². The summed E-state index contributed by atoms with van der Waals surface area (Å²) in [6, 6.07) is 15.4. The second-order valence-electron chi connectivity index (χ2n) is 13.9. The van der Waals surface area contributed by atoms with Crippen molar-refractivity contribution >= 4 is 6.21 Å². The summed E-state index contributed by atoms with van der Waals surface area (Å²) in [5.41, 5.74) is 3.54. The highest BCUT2D eigenvalue weighted by Gasteiger charge is 2.99. The van der Waals surface area contributed by atoms with E-state index in [0.717, 1.165) is 49.6 Å². The van der Waals surface area contributed by atoms with Gasteiger partial charge in [-0.3, -0.25) is 4.90 Å². The molecule has 210 valence electrons. The van der Waals surface area contributed by atoms with Crippen molar-refractivity contribution in [1.29, 1.82) is 5.41 Å². The zero-order chi connectivity index (χ0) is 26.9. The lowest BCUT2D eigenvalue weighted by molar-refractivity contribution is -0.230. The molecule has 0 radical (unpaired) electrons. The van der Waals surface area contributed by atoms with E-state index in [1.54, 1.807) is 13.3 Å². The molecule has 2 aromatic rings. The Labute approximate surface area is 236 Å². The van der Waals surface area contributed by atoms with Gasteiger partial charge in [0.25, 0.3) is 0 Å². The van der Waals surface area contributed by atoms with Gasteiger partial charge in [-0.25, -0.2) is 0 Å². The number of ether oxygens (including phenoxy) is 4. The van der Waals surface area contributed by atoms with E-state index in [1.165, 1.54) is 36.1 Å². The summed E-state index contributed by atoms with van der Waals surface area (Å²) in [6.07, 6.45) is 8.49. The molecule has 2 aliphatic heterocycles. The van der Waals surface area contributed by atoms with Gasteiger partial charge in [-0.1, -0.05) is 36.4 Å². The van der Waals surface area contributed by atoms with E-state index in [1.807, 2.05) is 7.11 Å². The molecule has 2 spiro atoms. The Morgan fingerprint density at radius 2 is 1.98 bits per heavy atom. The molecule has 5 saturated carbocycles. The molecule has 6 bridgehead atoms. The highest BCUT2D eigenvalue weighted by molar-refractivity contribution is 5.68. The van der Waals surface area contributed by atoms with Crippen molar-refractivity contribution in [2.75, 3.05) is 33.9 Å². The van der Waals surface area contributed by atoms with Crippen LogP contribution in [-0.2, 0) is 27.9 Å². The number of methoxy groups -OCH3 is 2. The van der Waals surface area contributed by atoms with Crippen molar-refractivity contribution < 1.29 is 18.9 Å². The normalized spacial score (nSPS) is 42.8. The van der Waals surface area contributed by atoms with Gasteiger partial charge in [-0.15, -0.1) is 0 Å². The molecule has 8 aliphatic rings. The molecular formula is C34H40N2O4. The number of benzene rings is 2. The van der Waals surface area contributed by atoms with E-state index < -0.39 is 5.60 Å². The van der Waals surface area contributed by atoms with Gasteiger partial charge in [0, 0.05) is 47.4 Å². The maximum Gasteiger partial charge on any atom is 0.165 e. The largest absolute Gasteiger partial charge is 0.493 e. The minimum atomic E-state index is -0.402. The van der Waals surface area contributed by atoms with Crippen LogP contribution in [0.2, 0.25) is 0 Å². The van der Waals surface area contributed by atoms with Crippen LogP contribution in [0.4, 0.5) is 0 Å². The maximum atomic E-state index is 8.38. The first-order valence-corrected chi connectivity index (χ1v) is 15.4. The lowest BCUT2D eigenvalue weighted by atomic mass is 9.38. The monoisotopic (exact) mass is 540 g/mol. The molecule has 1 unspecified atom stereocenters. The van der Waals surface area contributed by atoms with Gasteiger partial charge in [0.2, 0.25) is 0 Å². The SMILES string of the molecule is COc1ccc2c3c1O[C@H]1[C@]4(OC)[C@@H]5[C@H](CC=N)[C@]6(CC54COCc4ccccc4)[C@@H](C2)N(CC2CC2)CC[C@]316. The van der Waals surface area contributed by atoms with Crippen LogP contribution in [0.5, 0.6) is 11.5 Å². The summed E-state index contributed by atoms with van der Waals surface area (Å²) >= 11 is 0. The molecule has 2 aromatic carbocycles. The van der Waals surface area contributed by atoms with Gasteiger partial charge in [0.1, 0.15) is 11.7 Å². The van der Waals surface area contributed by atoms with E-state index in [-0.39, 0.29) is 22.3 Å². The molecule has 1 saturated heterocycles. The number of nitrogens with zero attached hydrogens (tertiary/aromatic N) is 1. The Morgan fingerprint density at radius 3 is 2.73 bits per heavy atom. The van der Waals surface area contributed by atoms with Gasteiger partial charge in [0.05, 0.1) is 20.3 Å². The number of rotatable bonds is 10. The quantitative estimate of drug-likeness (QED) is 0.429. The number of likely N-dealkylation sites (tertiary alicyclic amines) is 1. The number of hydrogen-bond donors (Lipinski definition) is 1. The molecular weight excluding hydrogens is 500 g/mol. The molecule has 0 amide bonds. The van der Waals surface area contributed by atoms with Crippen molar-refractivity contribution in [2.45, 2.75) is 68.3 Å². The van der Waals surface area contributed by atoms with Crippen LogP contribution in [0.25, 0.3) is 0 Å².